The average molecular weight is 194 g/mol. The molecule has 1 radical (unpaired) electrons. The van der Waals surface area contributed by atoms with Crippen LogP contribution in [0.2, 0.25) is 0 Å². The predicted octanol–water partition coefficient (Wildman–Crippen LogP) is -1.54. The molecule has 0 aliphatic rings. The SMILES string of the molecule is NNCO[B]c1ccc(C(=O)O)cn1. The summed E-state index contributed by atoms with van der Waals surface area (Å²) in [6, 6.07) is 2.99. The zero-order chi connectivity index (χ0) is 10.4. The lowest BCUT2D eigenvalue weighted by atomic mass is 9.94. The second-order valence-electron chi connectivity index (χ2n) is 2.41. The molecule has 0 fully saturated rings. The van der Waals surface area contributed by atoms with Gasteiger partial charge in [-0.1, -0.05) is 0 Å². The van der Waals surface area contributed by atoms with Crippen LogP contribution < -0.4 is 16.9 Å². The van der Waals surface area contributed by atoms with Crippen molar-refractivity contribution >= 4 is 19.0 Å². The minimum atomic E-state index is -1.01. The van der Waals surface area contributed by atoms with Crippen molar-refractivity contribution in [2.24, 2.45) is 5.84 Å². The number of nitrogens with two attached hydrogens (primary N) is 1. The molecule has 0 bridgehead atoms. The number of carbonyl (C=O) groups is 1. The van der Waals surface area contributed by atoms with Crippen molar-refractivity contribution in [2.75, 3.05) is 6.73 Å². The molecule has 14 heavy (non-hydrogen) atoms. The molecule has 4 N–H and O–H groups in total. The standard InChI is InChI=1S/C7H9BN3O3/c9-11-4-14-8-6-2-1-5(3-10-6)7(12)13/h1-3,11H,4,9H2,(H,12,13). The number of hydrogen-bond donors (Lipinski definition) is 3. The monoisotopic (exact) mass is 194 g/mol. The van der Waals surface area contributed by atoms with E-state index in [9.17, 15) is 4.79 Å². The highest BCUT2D eigenvalue weighted by molar-refractivity contribution is 6.45. The highest BCUT2D eigenvalue weighted by Gasteiger charge is 2.03. The first-order valence-corrected chi connectivity index (χ1v) is 3.81. The number of nitrogens with one attached hydrogen (secondary N) is 1. The van der Waals surface area contributed by atoms with Gasteiger partial charge in [0.05, 0.1) is 12.3 Å². The molecule has 1 aromatic rings. The van der Waals surface area contributed by atoms with E-state index in [0.717, 1.165) is 0 Å². The van der Waals surface area contributed by atoms with Crippen molar-refractivity contribution in [3.63, 3.8) is 0 Å². The zero-order valence-electron chi connectivity index (χ0n) is 7.30. The van der Waals surface area contributed by atoms with Crippen molar-refractivity contribution in [3.05, 3.63) is 23.9 Å². The number of hydrogen-bond acceptors (Lipinski definition) is 5. The van der Waals surface area contributed by atoms with Crippen molar-refractivity contribution in [2.45, 2.75) is 0 Å². The Morgan fingerprint density at radius 1 is 1.71 bits per heavy atom. The molecule has 1 aromatic heterocycles. The van der Waals surface area contributed by atoms with Crippen molar-refractivity contribution in [1.29, 1.82) is 0 Å². The third-order valence-corrected chi connectivity index (χ3v) is 1.40. The lowest BCUT2D eigenvalue weighted by molar-refractivity contribution is 0.0696. The van der Waals surface area contributed by atoms with E-state index in [1.54, 1.807) is 6.07 Å². The van der Waals surface area contributed by atoms with E-state index < -0.39 is 5.97 Å². The number of rotatable bonds is 5. The van der Waals surface area contributed by atoms with Crippen molar-refractivity contribution < 1.29 is 14.6 Å². The Hall–Kier alpha value is -1.44. The van der Waals surface area contributed by atoms with Crippen molar-refractivity contribution in [3.8, 4) is 0 Å². The summed E-state index contributed by atoms with van der Waals surface area (Å²) in [5, 5.41) is 8.58. The van der Waals surface area contributed by atoms with E-state index in [2.05, 4.69) is 10.4 Å². The molecule has 0 amide bonds. The Bertz CT molecular complexity index is 304. The fourth-order valence-electron chi connectivity index (χ4n) is 0.777. The molecule has 0 saturated carbocycles. The molecule has 0 atom stereocenters. The van der Waals surface area contributed by atoms with E-state index in [1.165, 1.54) is 19.7 Å². The normalized spacial score (nSPS) is 9.79. The van der Waals surface area contributed by atoms with Gasteiger partial charge in [0.1, 0.15) is 0 Å². The predicted molar refractivity (Wildman–Crippen MR) is 49.9 cm³/mol. The molecular formula is C7H9BN3O3. The Morgan fingerprint density at radius 2 is 2.50 bits per heavy atom. The van der Waals surface area contributed by atoms with Gasteiger partial charge in [0.15, 0.2) is 0 Å². The van der Waals surface area contributed by atoms with Gasteiger partial charge in [-0.05, 0) is 12.1 Å². The van der Waals surface area contributed by atoms with Gasteiger partial charge in [0.25, 0.3) is 0 Å². The van der Waals surface area contributed by atoms with Gasteiger partial charge in [-0.2, -0.15) is 0 Å². The average Bonchev–Trinajstić information content (AvgIpc) is 2.19. The van der Waals surface area contributed by atoms with Gasteiger partial charge in [-0.25, -0.2) is 10.2 Å². The number of aromatic carboxylic acids is 1. The van der Waals surface area contributed by atoms with Crippen LogP contribution in [0.15, 0.2) is 18.3 Å². The molecule has 7 heteroatoms. The quantitative estimate of drug-likeness (QED) is 0.173. The highest BCUT2D eigenvalue weighted by atomic mass is 16.4. The van der Waals surface area contributed by atoms with Crippen LogP contribution in [-0.4, -0.2) is 30.3 Å². The molecule has 0 aliphatic carbocycles. The molecule has 0 aliphatic heterocycles. The zero-order valence-corrected chi connectivity index (χ0v) is 7.30. The van der Waals surface area contributed by atoms with Crippen LogP contribution >= 0.6 is 0 Å². The minimum absolute atomic E-state index is 0.138. The van der Waals surface area contributed by atoms with E-state index in [1.807, 2.05) is 0 Å². The molecule has 0 spiro atoms. The first-order chi connectivity index (χ1) is 6.74. The summed E-state index contributed by atoms with van der Waals surface area (Å²) in [6.45, 7) is 0.169. The van der Waals surface area contributed by atoms with Crippen LogP contribution in [0.1, 0.15) is 10.4 Å². The summed E-state index contributed by atoms with van der Waals surface area (Å²) in [4.78, 5) is 14.3. The minimum Gasteiger partial charge on any atom is -0.478 e. The smallest absolute Gasteiger partial charge is 0.352 e. The Labute approximate surface area is 81.3 Å². The number of pyridine rings is 1. The van der Waals surface area contributed by atoms with Gasteiger partial charge in [-0.3, -0.25) is 10.8 Å². The number of aromatic nitrogens is 1. The molecular weight excluding hydrogens is 185 g/mol. The second-order valence-corrected chi connectivity index (χ2v) is 2.41. The topological polar surface area (TPSA) is 97.5 Å². The summed E-state index contributed by atoms with van der Waals surface area (Å²) < 4.78 is 4.90. The number of carboxylic acids is 1. The largest absolute Gasteiger partial charge is 0.478 e. The third kappa shape index (κ3) is 3.13. The molecule has 0 aromatic carbocycles. The van der Waals surface area contributed by atoms with Crippen LogP contribution in [0.25, 0.3) is 0 Å². The molecule has 1 rings (SSSR count). The molecule has 73 valence electrons. The maximum absolute atomic E-state index is 10.5. The van der Waals surface area contributed by atoms with Gasteiger partial charge in [-0.15, -0.1) is 0 Å². The van der Waals surface area contributed by atoms with Gasteiger partial charge in [0.2, 0.25) is 0 Å². The maximum Gasteiger partial charge on any atom is 0.352 e. The second kappa shape index (κ2) is 5.33. The molecule has 0 saturated heterocycles. The van der Waals surface area contributed by atoms with Crippen LogP contribution in [0.3, 0.4) is 0 Å². The van der Waals surface area contributed by atoms with Gasteiger partial charge >= 0.3 is 13.5 Å². The van der Waals surface area contributed by atoms with Gasteiger partial charge < -0.3 is 9.76 Å². The number of nitrogens with zero attached hydrogens (tertiary/aromatic N) is 1. The Balaban J connectivity index is 2.51. The fraction of sp³-hybridized carbons (Fsp3) is 0.143. The molecule has 1 heterocycles. The fourth-order valence-corrected chi connectivity index (χ4v) is 0.777. The van der Waals surface area contributed by atoms with Crippen LogP contribution in [0.4, 0.5) is 0 Å². The van der Waals surface area contributed by atoms with Crippen LogP contribution in [0, 0.1) is 0 Å². The van der Waals surface area contributed by atoms with E-state index >= 15 is 0 Å². The summed E-state index contributed by atoms with van der Waals surface area (Å²) in [5.41, 5.74) is 2.96. The Kier molecular flexibility index (Phi) is 4.05. The van der Waals surface area contributed by atoms with E-state index in [4.69, 9.17) is 15.6 Å². The van der Waals surface area contributed by atoms with E-state index in [0.29, 0.717) is 5.59 Å². The highest BCUT2D eigenvalue weighted by Crippen LogP contribution is 1.92. The number of carboxylic acid groups (broad SMARTS) is 1. The lowest BCUT2D eigenvalue weighted by Gasteiger charge is -2.00. The first-order valence-electron chi connectivity index (χ1n) is 3.81. The van der Waals surface area contributed by atoms with Crippen LogP contribution in [-0.2, 0) is 4.65 Å². The summed E-state index contributed by atoms with van der Waals surface area (Å²) in [6.07, 6.45) is 1.26. The van der Waals surface area contributed by atoms with E-state index in [-0.39, 0.29) is 12.3 Å². The first kappa shape index (κ1) is 10.6. The van der Waals surface area contributed by atoms with Crippen LogP contribution in [0.5, 0.6) is 0 Å². The summed E-state index contributed by atoms with van der Waals surface area (Å²) in [5.74, 6) is 3.96. The summed E-state index contributed by atoms with van der Waals surface area (Å²) in [7, 11) is 1.38. The maximum atomic E-state index is 10.5. The summed E-state index contributed by atoms with van der Waals surface area (Å²) >= 11 is 0. The van der Waals surface area contributed by atoms with Crippen molar-refractivity contribution in [1.82, 2.24) is 10.4 Å². The molecule has 0 unspecified atom stereocenters. The molecule has 6 nitrogen and oxygen atoms in total. The van der Waals surface area contributed by atoms with Gasteiger partial charge in [0, 0.05) is 11.8 Å². The lowest BCUT2D eigenvalue weighted by Crippen LogP contribution is -2.30. The Morgan fingerprint density at radius 3 is 3.00 bits per heavy atom. The third-order valence-electron chi connectivity index (χ3n) is 1.40. The number of hydrazine groups is 1.